The molecule has 0 spiro atoms. The Hall–Kier alpha value is -3.83. The van der Waals surface area contributed by atoms with Gasteiger partial charge in [-0.05, 0) is 98.1 Å². The number of hydrogen-bond donors (Lipinski definition) is 0. The molecule has 2 aliphatic carbocycles. The number of aromatic nitrogens is 1. The van der Waals surface area contributed by atoms with Gasteiger partial charge in [-0.2, -0.15) is 0 Å². The van der Waals surface area contributed by atoms with Gasteiger partial charge in [0.05, 0.1) is 16.1 Å². The van der Waals surface area contributed by atoms with Crippen LogP contribution < -0.4 is 5.35 Å². The van der Waals surface area contributed by atoms with Crippen LogP contribution in [-0.4, -0.2) is 4.57 Å². The van der Waals surface area contributed by atoms with E-state index in [2.05, 4.69) is 101 Å². The number of fused-ring (bicyclic) bond motifs is 2. The van der Waals surface area contributed by atoms with Crippen molar-refractivity contribution in [2.45, 2.75) is 16.6 Å². The molecule has 0 saturated carbocycles. The van der Waals surface area contributed by atoms with Crippen LogP contribution in [0.2, 0.25) is 0 Å². The fourth-order valence-corrected chi connectivity index (χ4v) is 11.0. The van der Waals surface area contributed by atoms with Crippen LogP contribution in [0.4, 0.5) is 0 Å². The van der Waals surface area contributed by atoms with Crippen molar-refractivity contribution in [3.63, 3.8) is 0 Å². The molecule has 1 unspecified atom stereocenters. The summed E-state index contributed by atoms with van der Waals surface area (Å²) in [5, 5.41) is 14.0. The third kappa shape index (κ3) is 2.44. The quantitative estimate of drug-likeness (QED) is 0.190. The van der Waals surface area contributed by atoms with Gasteiger partial charge in [0.1, 0.15) is 0 Å². The van der Waals surface area contributed by atoms with E-state index in [0.29, 0.717) is 5.25 Å². The van der Waals surface area contributed by atoms with Crippen LogP contribution in [0.1, 0.15) is 21.9 Å². The standard InChI is InChI=1S/C36H19NS3/c1-2-22(29-17-30-26(39-29)13-14-38-30)15-20-3-8-23(16-21(1)20)37-24-9-4-18-6-11-27-35-31(18)33(24)34-25(37)10-5-19-7-12-28(40-27)36(35)32(19)34/h1-4,6-17,27H,5H2. The first-order chi connectivity index (χ1) is 19.8. The summed E-state index contributed by atoms with van der Waals surface area (Å²) in [6.07, 6.45) is 8.22. The highest BCUT2D eigenvalue weighted by molar-refractivity contribution is 8.00. The van der Waals surface area contributed by atoms with Gasteiger partial charge in [-0.3, -0.25) is 0 Å². The predicted molar refractivity (Wildman–Crippen MR) is 176 cm³/mol. The fraction of sp³-hybridized carbons (Fsp3) is 0.0556. The van der Waals surface area contributed by atoms with Crippen molar-refractivity contribution in [3.8, 4) is 16.1 Å². The molecule has 8 aromatic rings. The van der Waals surface area contributed by atoms with E-state index in [1.807, 2.05) is 34.4 Å². The van der Waals surface area contributed by atoms with Crippen LogP contribution in [0.15, 0.2) is 89.1 Å². The first-order valence-electron chi connectivity index (χ1n) is 13.8. The van der Waals surface area contributed by atoms with Crippen LogP contribution >= 0.6 is 34.4 Å². The first-order valence-corrected chi connectivity index (χ1v) is 16.3. The molecular formula is C36H19NS3. The Labute approximate surface area is 241 Å². The Morgan fingerprint density at radius 1 is 0.750 bits per heavy atom. The molecular weight excluding hydrogens is 543 g/mol. The van der Waals surface area contributed by atoms with Gasteiger partial charge < -0.3 is 4.57 Å². The molecule has 0 saturated heterocycles. The van der Waals surface area contributed by atoms with Gasteiger partial charge >= 0.3 is 0 Å². The van der Waals surface area contributed by atoms with E-state index in [0.717, 1.165) is 6.42 Å². The normalized spacial score (nSPS) is 16.6. The number of thiophene rings is 2. The highest BCUT2D eigenvalue weighted by atomic mass is 32.2. The van der Waals surface area contributed by atoms with Crippen molar-refractivity contribution in [1.82, 2.24) is 4.57 Å². The van der Waals surface area contributed by atoms with Gasteiger partial charge in [-0.25, -0.2) is 0 Å². The minimum absolute atomic E-state index is 0.430. The van der Waals surface area contributed by atoms with Crippen LogP contribution in [0, 0.1) is 0 Å². The lowest BCUT2D eigenvalue weighted by Crippen LogP contribution is -2.17. The van der Waals surface area contributed by atoms with Crippen molar-refractivity contribution < 1.29 is 0 Å². The molecule has 0 N–H and O–H groups in total. The molecule has 1 atom stereocenters. The van der Waals surface area contributed by atoms with E-state index in [1.165, 1.54) is 90.1 Å². The number of rotatable bonds is 2. The van der Waals surface area contributed by atoms with Gasteiger partial charge in [0.2, 0.25) is 0 Å². The SMILES string of the molecule is C1=CC2Sc3ccc4c5c3c2c2c1ccc1c2c5c(n1-c1ccc2cc(-c3cc5sccc5s3)ccc2c1)=CC4. The molecule has 4 heterocycles. The van der Waals surface area contributed by atoms with E-state index in [4.69, 9.17) is 0 Å². The summed E-state index contributed by atoms with van der Waals surface area (Å²) in [6, 6.07) is 28.0. The third-order valence-corrected chi connectivity index (χ3v) is 12.6. The predicted octanol–water partition coefficient (Wildman–Crippen LogP) is 10.3. The molecule has 186 valence electrons. The van der Waals surface area contributed by atoms with Gasteiger partial charge in [0, 0.05) is 41.0 Å². The van der Waals surface area contributed by atoms with Gasteiger partial charge in [0.15, 0.2) is 0 Å². The molecule has 0 bridgehead atoms. The van der Waals surface area contributed by atoms with Crippen molar-refractivity contribution in [3.05, 3.63) is 106 Å². The lowest BCUT2D eigenvalue weighted by atomic mass is 9.84. The Bertz CT molecular complexity index is 2520. The summed E-state index contributed by atoms with van der Waals surface area (Å²) in [7, 11) is 0. The maximum Gasteiger partial charge on any atom is 0.0547 e. The highest BCUT2D eigenvalue weighted by Crippen LogP contribution is 2.57. The maximum atomic E-state index is 2.54. The zero-order chi connectivity index (χ0) is 25.7. The Morgan fingerprint density at radius 3 is 2.67 bits per heavy atom. The largest absolute Gasteiger partial charge is 0.309 e. The molecule has 1 aliphatic heterocycles. The molecule has 1 nitrogen and oxygen atoms in total. The minimum atomic E-state index is 0.430. The van der Waals surface area contributed by atoms with Crippen LogP contribution in [0.25, 0.3) is 80.9 Å². The molecule has 4 heteroatoms. The Morgan fingerprint density at radius 2 is 1.70 bits per heavy atom. The smallest absolute Gasteiger partial charge is 0.0547 e. The molecule has 0 amide bonds. The van der Waals surface area contributed by atoms with Crippen LogP contribution in [0.3, 0.4) is 0 Å². The van der Waals surface area contributed by atoms with Crippen molar-refractivity contribution in [2.24, 2.45) is 0 Å². The highest BCUT2D eigenvalue weighted by Gasteiger charge is 2.34. The van der Waals surface area contributed by atoms with Crippen molar-refractivity contribution >= 4 is 99.2 Å². The van der Waals surface area contributed by atoms with Crippen molar-refractivity contribution in [1.29, 1.82) is 0 Å². The third-order valence-electron chi connectivity index (χ3n) is 9.26. The summed E-state index contributed by atoms with van der Waals surface area (Å²) < 4.78 is 5.30. The Balaban J connectivity index is 1.20. The van der Waals surface area contributed by atoms with E-state index < -0.39 is 0 Å². The topological polar surface area (TPSA) is 4.93 Å². The van der Waals surface area contributed by atoms with Gasteiger partial charge in [-0.1, -0.05) is 48.6 Å². The van der Waals surface area contributed by atoms with E-state index in [1.54, 1.807) is 5.56 Å². The van der Waals surface area contributed by atoms with E-state index >= 15 is 0 Å². The molecule has 0 fully saturated rings. The number of hydrogen-bond acceptors (Lipinski definition) is 3. The summed E-state index contributed by atoms with van der Waals surface area (Å²) in [6.45, 7) is 0. The molecule has 3 aromatic heterocycles. The van der Waals surface area contributed by atoms with Crippen LogP contribution in [-0.2, 0) is 6.42 Å². The fourth-order valence-electron chi connectivity index (χ4n) is 7.59. The van der Waals surface area contributed by atoms with Crippen LogP contribution in [0.5, 0.6) is 0 Å². The van der Waals surface area contributed by atoms with E-state index in [-0.39, 0.29) is 0 Å². The lowest BCUT2D eigenvalue weighted by Gasteiger charge is -2.19. The zero-order valence-corrected chi connectivity index (χ0v) is 23.6. The molecule has 0 radical (unpaired) electrons. The van der Waals surface area contributed by atoms with Gasteiger partial charge in [-0.15, -0.1) is 34.4 Å². The number of nitrogens with zero attached hydrogens (tertiary/aromatic N) is 1. The first kappa shape index (κ1) is 21.0. The second kappa shape index (κ2) is 7.08. The minimum Gasteiger partial charge on any atom is -0.309 e. The van der Waals surface area contributed by atoms with Gasteiger partial charge in [0.25, 0.3) is 0 Å². The Kier molecular flexibility index (Phi) is 3.71. The second-order valence-corrected chi connectivity index (χ2v) is 14.4. The van der Waals surface area contributed by atoms with Crippen molar-refractivity contribution in [2.75, 3.05) is 0 Å². The molecule has 5 aromatic carbocycles. The summed E-state index contributed by atoms with van der Waals surface area (Å²) in [5.74, 6) is 0. The summed E-state index contributed by atoms with van der Waals surface area (Å²) in [5.41, 5.74) is 8.28. The molecule has 40 heavy (non-hydrogen) atoms. The molecule has 3 aliphatic rings. The number of benzene rings is 5. The number of thioether (sulfide) groups is 1. The maximum absolute atomic E-state index is 2.54. The second-order valence-electron chi connectivity index (χ2n) is 11.2. The monoisotopic (exact) mass is 561 g/mol. The average Bonchev–Trinajstić information content (AvgIpc) is 3.76. The average molecular weight is 562 g/mol. The lowest BCUT2D eigenvalue weighted by molar-refractivity contribution is 1.08. The summed E-state index contributed by atoms with van der Waals surface area (Å²) in [4.78, 5) is 2.80. The van der Waals surface area contributed by atoms with E-state index in [9.17, 15) is 0 Å². The molecule has 11 rings (SSSR count). The zero-order valence-electron chi connectivity index (χ0n) is 21.2. The summed E-state index contributed by atoms with van der Waals surface area (Å²) >= 11 is 5.74.